The van der Waals surface area contributed by atoms with E-state index in [-0.39, 0.29) is 51.4 Å². The Morgan fingerprint density at radius 1 is 0.652 bits per heavy atom. The predicted octanol–water partition coefficient (Wildman–Crippen LogP) is 2.85. The molecule has 0 atom stereocenters. The van der Waals surface area contributed by atoms with E-state index >= 15 is 0 Å². The fraction of sp³-hybridized carbons (Fsp3) is 0. The van der Waals surface area contributed by atoms with E-state index in [1.165, 1.54) is 10.8 Å². The normalized spacial score (nSPS) is 10.7. The summed E-state index contributed by atoms with van der Waals surface area (Å²) in [6.07, 6.45) is 0. The first-order chi connectivity index (χ1) is 10.7. The minimum absolute atomic E-state index is 0. The third kappa shape index (κ3) is 3.32. The van der Waals surface area contributed by atoms with Gasteiger partial charge in [0.15, 0.2) is 0 Å². The Labute approximate surface area is 176 Å². The summed E-state index contributed by atoms with van der Waals surface area (Å²) in [7, 11) is -1.82. The molecule has 0 heterocycles. The van der Waals surface area contributed by atoms with Crippen LogP contribution in [0.25, 0.3) is 32.3 Å². The van der Waals surface area contributed by atoms with Crippen LogP contribution in [-0.2, 0) is 0 Å². The van der Waals surface area contributed by atoms with Crippen LogP contribution < -0.4 is 4.65 Å². The third-order valence-electron chi connectivity index (χ3n) is 3.89. The van der Waals surface area contributed by atoms with Crippen molar-refractivity contribution in [1.82, 2.24) is 0 Å². The molecule has 0 aliphatic carbocycles. The van der Waals surface area contributed by atoms with Crippen molar-refractivity contribution in [2.24, 2.45) is 0 Å². The van der Waals surface area contributed by atoms with Gasteiger partial charge < -0.3 is 14.7 Å². The molecule has 0 aliphatic rings. The molecule has 0 saturated heterocycles. The van der Waals surface area contributed by atoms with E-state index in [4.69, 9.17) is 14.7 Å². The van der Waals surface area contributed by atoms with Crippen LogP contribution in [0.3, 0.4) is 0 Å². The van der Waals surface area contributed by atoms with Gasteiger partial charge in [-0.15, -0.1) is 0 Å². The number of benzene rings is 4. The molecule has 3 nitrogen and oxygen atoms in total. The minimum atomic E-state index is -1.82. The Bertz CT molecular complexity index is 1000. The maximum absolute atomic E-state index is 9.05. The van der Waals surface area contributed by atoms with Crippen LogP contribution >= 0.6 is 0 Å². The summed E-state index contributed by atoms with van der Waals surface area (Å²) in [6.45, 7) is 0. The summed E-state index contributed by atoms with van der Waals surface area (Å²) >= 11 is 0. The average Bonchev–Trinajstić information content (AvgIpc) is 2.51. The molecule has 4 aromatic carbocycles. The van der Waals surface area contributed by atoms with Gasteiger partial charge in [-0.05, 0) is 57.3 Å². The van der Waals surface area contributed by atoms with Gasteiger partial charge in [-0.3, -0.25) is 0 Å². The predicted molar refractivity (Wildman–Crippen MR) is 96.9 cm³/mol. The Morgan fingerprint density at radius 3 is 1.87 bits per heavy atom. The monoisotopic (exact) mass is 328 g/mol. The molecule has 4 aromatic rings. The van der Waals surface area contributed by atoms with Crippen molar-refractivity contribution in [1.29, 1.82) is 0 Å². The quantitative estimate of drug-likeness (QED) is 0.439. The summed E-state index contributed by atoms with van der Waals surface area (Å²) in [5, 5.41) is 24.6. The molecule has 2 N–H and O–H groups in total. The summed E-state index contributed by atoms with van der Waals surface area (Å²) in [5.41, 5.74) is 0. The van der Waals surface area contributed by atoms with Gasteiger partial charge in [0.25, 0.3) is 0 Å². The van der Waals surface area contributed by atoms with E-state index < -0.39 is 7.32 Å². The average molecular weight is 328 g/mol. The molecule has 0 amide bonds. The molecule has 108 valence electrons. The van der Waals surface area contributed by atoms with Crippen LogP contribution in [-0.4, -0.2) is 68.8 Å². The van der Waals surface area contributed by atoms with Crippen molar-refractivity contribution in [3.05, 3.63) is 66.7 Å². The zero-order valence-corrected chi connectivity index (χ0v) is 11.7. The van der Waals surface area contributed by atoms with Gasteiger partial charge in [-0.25, -0.2) is 0 Å². The summed E-state index contributed by atoms with van der Waals surface area (Å²) < 4.78 is 5.07. The molecule has 5 heteroatoms. The van der Waals surface area contributed by atoms with Crippen LogP contribution in [0, 0.1) is 0 Å². The van der Waals surface area contributed by atoms with E-state index in [1.807, 2.05) is 30.3 Å². The molecule has 0 saturated carbocycles. The zero-order valence-electron chi connectivity index (χ0n) is 11.7. The van der Waals surface area contributed by atoms with Gasteiger partial charge in [-0.2, -0.15) is 0 Å². The standard InChI is InChI=1S/C18H13BO3.K.H/c20-19(21)22-18-7-3-6-14-10-15-8-12-4-1-2-5-13(12)9-16(15)11-17(14)18;;/h1-11,20-21H;;. The zero-order chi connectivity index (χ0) is 15.1. The topological polar surface area (TPSA) is 49.7 Å². The molecule has 0 bridgehead atoms. The molecule has 0 spiro atoms. The van der Waals surface area contributed by atoms with Crippen molar-refractivity contribution >= 4 is 91.0 Å². The van der Waals surface area contributed by atoms with Crippen LogP contribution in [0.5, 0.6) is 5.75 Å². The van der Waals surface area contributed by atoms with Crippen LogP contribution in [0.15, 0.2) is 66.7 Å². The fourth-order valence-corrected chi connectivity index (χ4v) is 2.91. The van der Waals surface area contributed by atoms with Crippen molar-refractivity contribution in [3.63, 3.8) is 0 Å². The van der Waals surface area contributed by atoms with E-state index in [0.717, 1.165) is 21.5 Å². The molecule has 0 unspecified atom stereocenters. The number of hydrogen-bond acceptors (Lipinski definition) is 3. The van der Waals surface area contributed by atoms with E-state index in [2.05, 4.69) is 30.3 Å². The summed E-state index contributed by atoms with van der Waals surface area (Å²) in [6, 6.07) is 22.2. The maximum atomic E-state index is 9.05. The molecule has 4 rings (SSSR count). The number of rotatable bonds is 2. The number of fused-ring (bicyclic) bond motifs is 3. The fourth-order valence-electron chi connectivity index (χ4n) is 2.91. The molecular formula is C18H14BKO3. The molecular weight excluding hydrogens is 314 g/mol. The van der Waals surface area contributed by atoms with Gasteiger partial charge in [-0.1, -0.05) is 36.4 Å². The second kappa shape index (κ2) is 6.91. The van der Waals surface area contributed by atoms with Crippen molar-refractivity contribution < 1.29 is 14.7 Å². The van der Waals surface area contributed by atoms with Gasteiger partial charge in [0.1, 0.15) is 5.75 Å². The molecule has 0 fully saturated rings. The molecule has 0 aliphatic heterocycles. The van der Waals surface area contributed by atoms with Crippen LogP contribution in [0.1, 0.15) is 0 Å². The van der Waals surface area contributed by atoms with Crippen LogP contribution in [0.2, 0.25) is 0 Å². The first-order valence-corrected chi connectivity index (χ1v) is 7.09. The molecule has 23 heavy (non-hydrogen) atoms. The third-order valence-corrected chi connectivity index (χ3v) is 3.89. The molecule has 0 aromatic heterocycles. The van der Waals surface area contributed by atoms with Gasteiger partial charge in [0.2, 0.25) is 0 Å². The Balaban J connectivity index is 0.00000156. The van der Waals surface area contributed by atoms with Crippen molar-refractivity contribution in [3.8, 4) is 5.75 Å². The van der Waals surface area contributed by atoms with Gasteiger partial charge in [0.05, 0.1) is 0 Å². The van der Waals surface area contributed by atoms with Gasteiger partial charge in [0, 0.05) is 5.39 Å². The van der Waals surface area contributed by atoms with E-state index in [0.29, 0.717) is 5.75 Å². The number of hydrogen-bond donors (Lipinski definition) is 2. The second-order valence-corrected chi connectivity index (χ2v) is 5.32. The summed E-state index contributed by atoms with van der Waals surface area (Å²) in [4.78, 5) is 0. The van der Waals surface area contributed by atoms with E-state index in [1.54, 1.807) is 6.07 Å². The van der Waals surface area contributed by atoms with Crippen molar-refractivity contribution in [2.75, 3.05) is 0 Å². The van der Waals surface area contributed by atoms with Gasteiger partial charge >= 0.3 is 58.7 Å². The Hall–Kier alpha value is -0.919. The second-order valence-electron chi connectivity index (χ2n) is 5.32. The van der Waals surface area contributed by atoms with E-state index in [9.17, 15) is 0 Å². The first-order valence-electron chi connectivity index (χ1n) is 7.09. The Morgan fingerprint density at radius 2 is 1.22 bits per heavy atom. The SMILES string of the molecule is OB(O)Oc1cccc2cc3cc4ccccc4cc3cc12.[KH]. The van der Waals surface area contributed by atoms with Crippen molar-refractivity contribution in [2.45, 2.75) is 0 Å². The summed E-state index contributed by atoms with van der Waals surface area (Å²) in [5.74, 6) is 0.461. The Kier molecular flexibility index (Phi) is 5.08. The van der Waals surface area contributed by atoms with Crippen LogP contribution in [0.4, 0.5) is 0 Å². The first kappa shape index (κ1) is 16.9. The molecule has 0 radical (unpaired) electrons.